The lowest BCUT2D eigenvalue weighted by atomic mass is 10.1. The Bertz CT molecular complexity index is 640. The van der Waals surface area contributed by atoms with Crippen LogP contribution in [0, 0.1) is 0 Å². The van der Waals surface area contributed by atoms with E-state index in [2.05, 4.69) is 20.8 Å². The van der Waals surface area contributed by atoms with Crippen molar-refractivity contribution in [3.8, 4) is 0 Å². The number of piperazine rings is 1. The lowest BCUT2D eigenvalue weighted by Crippen LogP contribution is -2.49. The van der Waals surface area contributed by atoms with Crippen LogP contribution < -0.4 is 0 Å². The van der Waals surface area contributed by atoms with E-state index >= 15 is 0 Å². The highest BCUT2D eigenvalue weighted by Crippen LogP contribution is 2.18. The maximum atomic E-state index is 12.3. The molecule has 1 amide bonds. The highest BCUT2D eigenvalue weighted by molar-refractivity contribution is 9.10. The summed E-state index contributed by atoms with van der Waals surface area (Å²) >= 11 is 3.50. The first-order chi connectivity index (χ1) is 10.8. The molecule has 7 heteroatoms. The molecule has 0 radical (unpaired) electrons. The molecule has 1 heterocycles. The van der Waals surface area contributed by atoms with Crippen molar-refractivity contribution in [3.63, 3.8) is 0 Å². The third kappa shape index (κ3) is 6.24. The second-order valence-electron chi connectivity index (χ2n) is 5.94. The number of aryl methyl sites for hydroxylation is 1. The van der Waals surface area contributed by atoms with Gasteiger partial charge in [0.05, 0.1) is 5.75 Å². The van der Waals surface area contributed by atoms with Crippen LogP contribution in [0.3, 0.4) is 0 Å². The third-order valence-corrected chi connectivity index (χ3v) is 5.77. The predicted molar refractivity (Wildman–Crippen MR) is 95.2 cm³/mol. The van der Waals surface area contributed by atoms with Gasteiger partial charge in [0, 0.05) is 49.9 Å². The molecule has 0 spiro atoms. The van der Waals surface area contributed by atoms with Gasteiger partial charge in [0.25, 0.3) is 0 Å². The van der Waals surface area contributed by atoms with Crippen LogP contribution in [-0.4, -0.2) is 68.9 Å². The lowest BCUT2D eigenvalue weighted by molar-refractivity contribution is -0.132. The predicted octanol–water partition coefficient (Wildman–Crippen LogP) is 1.57. The number of sulfone groups is 1. The summed E-state index contributed by atoms with van der Waals surface area (Å²) in [5.41, 5.74) is 1.15. The van der Waals surface area contributed by atoms with E-state index in [-0.39, 0.29) is 11.7 Å². The van der Waals surface area contributed by atoms with E-state index < -0.39 is 9.84 Å². The molecule has 0 unspecified atom stereocenters. The van der Waals surface area contributed by atoms with E-state index in [0.29, 0.717) is 26.1 Å². The Labute approximate surface area is 146 Å². The van der Waals surface area contributed by atoms with Crippen LogP contribution in [0.1, 0.15) is 12.0 Å². The normalized spacial score (nSPS) is 16.5. The van der Waals surface area contributed by atoms with Gasteiger partial charge in [-0.15, -0.1) is 0 Å². The third-order valence-electron chi connectivity index (χ3n) is 4.07. The van der Waals surface area contributed by atoms with Gasteiger partial charge < -0.3 is 4.90 Å². The zero-order chi connectivity index (χ0) is 16.9. The molecule has 0 saturated carbocycles. The van der Waals surface area contributed by atoms with Crippen molar-refractivity contribution in [1.29, 1.82) is 0 Å². The fourth-order valence-electron chi connectivity index (χ4n) is 2.62. The van der Waals surface area contributed by atoms with Gasteiger partial charge in [-0.05, 0) is 18.1 Å². The van der Waals surface area contributed by atoms with Gasteiger partial charge in [-0.25, -0.2) is 8.42 Å². The van der Waals surface area contributed by atoms with Crippen LogP contribution in [-0.2, 0) is 21.1 Å². The molecule has 128 valence electrons. The Morgan fingerprint density at radius 2 is 1.83 bits per heavy atom. The maximum absolute atomic E-state index is 12.3. The molecular weight excluding hydrogens is 380 g/mol. The Balaban J connectivity index is 1.74. The molecule has 0 atom stereocenters. The van der Waals surface area contributed by atoms with Crippen LogP contribution in [0.5, 0.6) is 0 Å². The molecule has 0 bridgehead atoms. The fraction of sp³-hybridized carbons (Fsp3) is 0.562. The van der Waals surface area contributed by atoms with E-state index in [9.17, 15) is 13.2 Å². The van der Waals surface area contributed by atoms with Crippen molar-refractivity contribution in [2.75, 3.05) is 44.7 Å². The molecule has 23 heavy (non-hydrogen) atoms. The molecule has 2 rings (SSSR count). The number of carbonyl (C=O) groups excluding carboxylic acids is 1. The number of hydrogen-bond acceptors (Lipinski definition) is 4. The molecular formula is C16H23BrN2O3S. The molecule has 5 nitrogen and oxygen atoms in total. The zero-order valence-corrected chi connectivity index (χ0v) is 15.8. The molecule has 1 aromatic carbocycles. The Kier molecular flexibility index (Phi) is 6.61. The van der Waals surface area contributed by atoms with Crippen molar-refractivity contribution >= 4 is 31.7 Å². The molecule has 0 aliphatic carbocycles. The standard InChI is InChI=1S/C16H23BrN2O3S/c1-23(21,22)13-12-18-8-10-19(11-9-18)16(20)7-6-14-4-2-3-5-15(14)17/h2-5H,6-13H2,1H3. The van der Waals surface area contributed by atoms with Gasteiger partial charge in [-0.3, -0.25) is 9.69 Å². The SMILES string of the molecule is CS(=O)(=O)CCN1CCN(C(=O)CCc2ccccc2Br)CC1. The largest absolute Gasteiger partial charge is 0.340 e. The van der Waals surface area contributed by atoms with Crippen molar-refractivity contribution in [3.05, 3.63) is 34.3 Å². The van der Waals surface area contributed by atoms with Crippen LogP contribution >= 0.6 is 15.9 Å². The Hall–Kier alpha value is -0.920. The van der Waals surface area contributed by atoms with Gasteiger partial charge in [0.15, 0.2) is 0 Å². The van der Waals surface area contributed by atoms with E-state index in [1.807, 2.05) is 29.2 Å². The number of rotatable bonds is 6. The molecule has 1 aliphatic heterocycles. The highest BCUT2D eigenvalue weighted by Gasteiger charge is 2.21. The first-order valence-corrected chi connectivity index (χ1v) is 10.6. The number of halogens is 1. The van der Waals surface area contributed by atoms with E-state index in [4.69, 9.17) is 0 Å². The molecule has 1 aliphatic rings. The average Bonchev–Trinajstić information content (AvgIpc) is 2.52. The number of benzene rings is 1. The number of hydrogen-bond donors (Lipinski definition) is 0. The minimum absolute atomic E-state index is 0.170. The quantitative estimate of drug-likeness (QED) is 0.724. The zero-order valence-electron chi connectivity index (χ0n) is 13.4. The number of nitrogens with zero attached hydrogens (tertiary/aromatic N) is 2. The smallest absolute Gasteiger partial charge is 0.222 e. The molecule has 1 saturated heterocycles. The first kappa shape index (κ1) is 18.4. The van der Waals surface area contributed by atoms with Crippen LogP contribution in [0.4, 0.5) is 0 Å². The fourth-order valence-corrected chi connectivity index (χ4v) is 3.69. The van der Waals surface area contributed by atoms with E-state index in [0.717, 1.165) is 29.5 Å². The van der Waals surface area contributed by atoms with Crippen LogP contribution in [0.25, 0.3) is 0 Å². The first-order valence-electron chi connectivity index (χ1n) is 7.76. The maximum Gasteiger partial charge on any atom is 0.222 e. The average molecular weight is 403 g/mol. The van der Waals surface area contributed by atoms with Gasteiger partial charge in [0.2, 0.25) is 5.91 Å². The summed E-state index contributed by atoms with van der Waals surface area (Å²) in [5, 5.41) is 0. The number of amides is 1. The van der Waals surface area contributed by atoms with E-state index in [1.165, 1.54) is 6.26 Å². The summed E-state index contributed by atoms with van der Waals surface area (Å²) in [6, 6.07) is 7.96. The summed E-state index contributed by atoms with van der Waals surface area (Å²) in [5.74, 6) is 0.353. The minimum atomic E-state index is -2.92. The molecule has 0 aromatic heterocycles. The van der Waals surface area contributed by atoms with Crippen molar-refractivity contribution < 1.29 is 13.2 Å². The molecule has 1 aromatic rings. The number of carbonyl (C=O) groups is 1. The summed E-state index contributed by atoms with van der Waals surface area (Å²) < 4.78 is 23.4. The van der Waals surface area contributed by atoms with E-state index in [1.54, 1.807) is 0 Å². The summed E-state index contributed by atoms with van der Waals surface area (Å²) in [6.07, 6.45) is 2.50. The van der Waals surface area contributed by atoms with Crippen molar-refractivity contribution in [1.82, 2.24) is 9.80 Å². The molecule has 1 fully saturated rings. The second-order valence-corrected chi connectivity index (χ2v) is 9.06. The minimum Gasteiger partial charge on any atom is -0.340 e. The molecule has 0 N–H and O–H groups in total. The van der Waals surface area contributed by atoms with Crippen molar-refractivity contribution in [2.45, 2.75) is 12.8 Å². The van der Waals surface area contributed by atoms with Gasteiger partial charge in [-0.2, -0.15) is 0 Å². The summed E-state index contributed by atoms with van der Waals surface area (Å²) in [7, 11) is -2.92. The van der Waals surface area contributed by atoms with Gasteiger partial charge >= 0.3 is 0 Å². The lowest BCUT2D eigenvalue weighted by Gasteiger charge is -2.34. The van der Waals surface area contributed by atoms with Gasteiger partial charge in [0.1, 0.15) is 9.84 Å². The van der Waals surface area contributed by atoms with Gasteiger partial charge in [-0.1, -0.05) is 34.1 Å². The monoisotopic (exact) mass is 402 g/mol. The topological polar surface area (TPSA) is 57.7 Å². The highest BCUT2D eigenvalue weighted by atomic mass is 79.9. The Morgan fingerprint density at radius 1 is 1.17 bits per heavy atom. The van der Waals surface area contributed by atoms with Crippen LogP contribution in [0.15, 0.2) is 28.7 Å². The van der Waals surface area contributed by atoms with Crippen LogP contribution in [0.2, 0.25) is 0 Å². The Morgan fingerprint density at radius 3 is 2.43 bits per heavy atom. The summed E-state index contributed by atoms with van der Waals surface area (Å²) in [6.45, 7) is 3.40. The van der Waals surface area contributed by atoms with Crippen molar-refractivity contribution in [2.24, 2.45) is 0 Å². The second kappa shape index (κ2) is 8.26. The summed E-state index contributed by atoms with van der Waals surface area (Å²) in [4.78, 5) is 16.3.